The summed E-state index contributed by atoms with van der Waals surface area (Å²) in [5.41, 5.74) is 3.12. The number of benzene rings is 2. The van der Waals surface area contributed by atoms with Gasteiger partial charge in [-0.3, -0.25) is 4.79 Å². The third kappa shape index (κ3) is 8.77. The molecule has 0 unspecified atom stereocenters. The van der Waals surface area contributed by atoms with E-state index in [0.29, 0.717) is 11.6 Å². The van der Waals surface area contributed by atoms with Crippen LogP contribution >= 0.6 is 11.3 Å². The summed E-state index contributed by atoms with van der Waals surface area (Å²) in [7, 11) is 0. The molecule has 33 heavy (non-hydrogen) atoms. The van der Waals surface area contributed by atoms with E-state index >= 15 is 0 Å². The number of carbonyl (C=O) groups is 1. The van der Waals surface area contributed by atoms with Crippen molar-refractivity contribution in [2.75, 3.05) is 5.32 Å². The van der Waals surface area contributed by atoms with Crippen molar-refractivity contribution in [3.63, 3.8) is 0 Å². The SMILES string of the molecule is CCCCCCCCCCCCCC(=O)Nc1nc(-c2ccccc2)c(-c2ccccc2)s1. The molecule has 0 radical (unpaired) electrons. The van der Waals surface area contributed by atoms with Crippen molar-refractivity contribution in [2.24, 2.45) is 0 Å². The quantitative estimate of drug-likeness (QED) is 0.229. The summed E-state index contributed by atoms with van der Waals surface area (Å²) < 4.78 is 0. The van der Waals surface area contributed by atoms with Gasteiger partial charge in [0.1, 0.15) is 0 Å². The minimum atomic E-state index is 0.0684. The third-order valence-electron chi connectivity index (χ3n) is 5.96. The summed E-state index contributed by atoms with van der Waals surface area (Å²) in [6.07, 6.45) is 14.7. The maximum atomic E-state index is 12.5. The molecule has 0 fully saturated rings. The molecular weight excluding hydrogens is 424 g/mol. The van der Waals surface area contributed by atoms with Crippen LogP contribution in [0.25, 0.3) is 21.7 Å². The number of unbranched alkanes of at least 4 members (excludes halogenated alkanes) is 10. The van der Waals surface area contributed by atoms with E-state index in [1.165, 1.54) is 57.8 Å². The standard InChI is InChI=1S/C29H38N2OS/c1-2-3-4-5-6-7-8-9-10-11-18-23-26(32)30-29-31-27(24-19-14-12-15-20-24)28(33-29)25-21-16-13-17-22-25/h12-17,19-22H,2-11,18,23H2,1H3,(H,30,31,32). The van der Waals surface area contributed by atoms with Crippen molar-refractivity contribution in [1.82, 2.24) is 4.98 Å². The first-order valence-electron chi connectivity index (χ1n) is 12.7. The first-order chi connectivity index (χ1) is 16.3. The molecule has 3 rings (SSSR count). The number of thiazole rings is 1. The molecule has 0 spiro atoms. The van der Waals surface area contributed by atoms with E-state index in [1.54, 1.807) is 11.3 Å². The number of rotatable bonds is 15. The first kappa shape index (κ1) is 25.2. The molecule has 0 saturated carbocycles. The molecule has 1 aromatic heterocycles. The smallest absolute Gasteiger partial charge is 0.226 e. The maximum Gasteiger partial charge on any atom is 0.226 e. The van der Waals surface area contributed by atoms with Gasteiger partial charge in [0, 0.05) is 12.0 Å². The molecule has 3 nitrogen and oxygen atoms in total. The normalized spacial score (nSPS) is 10.9. The lowest BCUT2D eigenvalue weighted by Gasteiger charge is -2.03. The van der Waals surface area contributed by atoms with E-state index in [1.807, 2.05) is 36.4 Å². The van der Waals surface area contributed by atoms with Crippen molar-refractivity contribution in [3.8, 4) is 21.7 Å². The van der Waals surface area contributed by atoms with Crippen LogP contribution in [0.1, 0.15) is 84.0 Å². The Morgan fingerprint density at radius 2 is 1.24 bits per heavy atom. The average Bonchev–Trinajstić information content (AvgIpc) is 3.27. The fourth-order valence-electron chi connectivity index (χ4n) is 4.08. The van der Waals surface area contributed by atoms with Crippen LogP contribution in [-0.4, -0.2) is 10.9 Å². The molecule has 0 aliphatic carbocycles. The summed E-state index contributed by atoms with van der Waals surface area (Å²) >= 11 is 1.55. The topological polar surface area (TPSA) is 42.0 Å². The van der Waals surface area contributed by atoms with E-state index in [9.17, 15) is 4.79 Å². The van der Waals surface area contributed by atoms with Crippen molar-refractivity contribution >= 4 is 22.4 Å². The Balaban J connectivity index is 1.43. The molecule has 1 heterocycles. The van der Waals surface area contributed by atoms with Crippen LogP contribution in [0.5, 0.6) is 0 Å². The Morgan fingerprint density at radius 1 is 0.727 bits per heavy atom. The van der Waals surface area contributed by atoms with Gasteiger partial charge in [0.25, 0.3) is 0 Å². The zero-order valence-electron chi connectivity index (χ0n) is 20.0. The van der Waals surface area contributed by atoms with Gasteiger partial charge in [-0.1, -0.05) is 143 Å². The third-order valence-corrected chi connectivity index (χ3v) is 6.98. The van der Waals surface area contributed by atoms with Crippen LogP contribution < -0.4 is 5.32 Å². The van der Waals surface area contributed by atoms with E-state index in [0.717, 1.165) is 34.5 Å². The molecule has 0 atom stereocenters. The Labute approximate surface area is 203 Å². The van der Waals surface area contributed by atoms with Gasteiger partial charge in [-0.05, 0) is 12.0 Å². The number of amides is 1. The zero-order valence-corrected chi connectivity index (χ0v) is 20.8. The van der Waals surface area contributed by atoms with E-state index in [2.05, 4.69) is 36.5 Å². The fraction of sp³-hybridized carbons (Fsp3) is 0.448. The van der Waals surface area contributed by atoms with Crippen LogP contribution in [0.4, 0.5) is 5.13 Å². The van der Waals surface area contributed by atoms with Gasteiger partial charge >= 0.3 is 0 Å². The highest BCUT2D eigenvalue weighted by atomic mass is 32.1. The number of hydrogen-bond donors (Lipinski definition) is 1. The lowest BCUT2D eigenvalue weighted by molar-refractivity contribution is -0.116. The second-order valence-corrected chi connectivity index (χ2v) is 9.76. The largest absolute Gasteiger partial charge is 0.302 e. The molecule has 1 N–H and O–H groups in total. The van der Waals surface area contributed by atoms with E-state index < -0.39 is 0 Å². The summed E-state index contributed by atoms with van der Waals surface area (Å²) in [4.78, 5) is 18.4. The summed E-state index contributed by atoms with van der Waals surface area (Å²) in [6, 6.07) is 20.5. The molecule has 0 bridgehead atoms. The Kier molecular flexibility index (Phi) is 11.2. The highest BCUT2D eigenvalue weighted by Gasteiger charge is 2.16. The number of nitrogens with zero attached hydrogens (tertiary/aromatic N) is 1. The van der Waals surface area contributed by atoms with Gasteiger partial charge < -0.3 is 5.32 Å². The molecule has 0 aliphatic heterocycles. The summed E-state index contributed by atoms with van der Waals surface area (Å²) in [6.45, 7) is 2.27. The van der Waals surface area contributed by atoms with Gasteiger partial charge in [-0.25, -0.2) is 4.98 Å². The van der Waals surface area contributed by atoms with Crippen LogP contribution in [0.2, 0.25) is 0 Å². The van der Waals surface area contributed by atoms with E-state index in [4.69, 9.17) is 4.98 Å². The molecule has 0 aliphatic rings. The minimum absolute atomic E-state index is 0.0684. The van der Waals surface area contributed by atoms with Gasteiger partial charge in [-0.2, -0.15) is 0 Å². The van der Waals surface area contributed by atoms with Crippen molar-refractivity contribution in [2.45, 2.75) is 84.0 Å². The van der Waals surface area contributed by atoms with Crippen molar-refractivity contribution in [1.29, 1.82) is 0 Å². The van der Waals surface area contributed by atoms with Crippen LogP contribution in [0, 0.1) is 0 Å². The van der Waals surface area contributed by atoms with Crippen LogP contribution in [0.15, 0.2) is 60.7 Å². The average molecular weight is 463 g/mol. The summed E-state index contributed by atoms with van der Waals surface area (Å²) in [5.74, 6) is 0.0684. The predicted molar refractivity (Wildman–Crippen MR) is 143 cm³/mol. The molecule has 176 valence electrons. The lowest BCUT2D eigenvalue weighted by atomic mass is 10.1. The van der Waals surface area contributed by atoms with Crippen LogP contribution in [-0.2, 0) is 4.79 Å². The second-order valence-electron chi connectivity index (χ2n) is 8.76. The van der Waals surface area contributed by atoms with Gasteiger partial charge in [0.15, 0.2) is 5.13 Å². The zero-order chi connectivity index (χ0) is 23.1. The first-order valence-corrected chi connectivity index (χ1v) is 13.5. The number of anilines is 1. The fourth-order valence-corrected chi connectivity index (χ4v) is 5.09. The minimum Gasteiger partial charge on any atom is -0.302 e. The lowest BCUT2D eigenvalue weighted by Crippen LogP contribution is -2.10. The van der Waals surface area contributed by atoms with Crippen molar-refractivity contribution in [3.05, 3.63) is 60.7 Å². The highest BCUT2D eigenvalue weighted by Crippen LogP contribution is 2.38. The van der Waals surface area contributed by atoms with Gasteiger partial charge in [0.05, 0.1) is 10.6 Å². The number of aromatic nitrogens is 1. The molecule has 1 amide bonds. The highest BCUT2D eigenvalue weighted by molar-refractivity contribution is 7.19. The number of hydrogen-bond acceptors (Lipinski definition) is 3. The molecule has 3 aromatic rings. The second kappa shape index (κ2) is 14.6. The van der Waals surface area contributed by atoms with E-state index in [-0.39, 0.29) is 5.91 Å². The number of nitrogens with one attached hydrogen (secondary N) is 1. The Bertz CT molecular complexity index is 880. The summed E-state index contributed by atoms with van der Waals surface area (Å²) in [5, 5.41) is 3.73. The van der Waals surface area contributed by atoms with Gasteiger partial charge in [0.2, 0.25) is 5.91 Å². The molecule has 0 saturated heterocycles. The molecule has 2 aromatic carbocycles. The van der Waals surface area contributed by atoms with Crippen molar-refractivity contribution < 1.29 is 4.79 Å². The maximum absolute atomic E-state index is 12.5. The molecule has 4 heteroatoms. The van der Waals surface area contributed by atoms with Gasteiger partial charge in [-0.15, -0.1) is 0 Å². The monoisotopic (exact) mass is 462 g/mol. The predicted octanol–water partition coefficient (Wildman–Crippen LogP) is 9.12. The number of carbonyl (C=O) groups excluding carboxylic acids is 1. The molecular formula is C29H38N2OS. The van der Waals surface area contributed by atoms with Crippen LogP contribution in [0.3, 0.4) is 0 Å². The Morgan fingerprint density at radius 3 is 1.82 bits per heavy atom. The Hall–Kier alpha value is -2.46.